The zero-order valence-corrected chi connectivity index (χ0v) is 10.2. The van der Waals surface area contributed by atoms with Crippen molar-refractivity contribution in [3.8, 4) is 0 Å². The number of fused-ring (bicyclic) bond motifs is 1. The number of hydrogen-bond donors (Lipinski definition) is 1. The number of likely N-dealkylation sites (N-methyl/N-ethyl adjacent to an activating group) is 1. The Labute approximate surface area is 99.3 Å². The Morgan fingerprint density at radius 1 is 1.38 bits per heavy atom. The van der Waals surface area contributed by atoms with Crippen molar-refractivity contribution in [3.05, 3.63) is 35.2 Å². The molecular formula is C13H16FNS. The molecule has 1 nitrogen and oxygen atoms in total. The Bertz CT molecular complexity index is 452. The molecular weight excluding hydrogens is 221 g/mol. The zero-order valence-electron chi connectivity index (χ0n) is 9.37. The maximum atomic E-state index is 12.7. The predicted molar refractivity (Wildman–Crippen MR) is 69.0 cm³/mol. The van der Waals surface area contributed by atoms with E-state index in [9.17, 15) is 4.39 Å². The zero-order chi connectivity index (χ0) is 11.4. The van der Waals surface area contributed by atoms with E-state index in [2.05, 4.69) is 35.0 Å². The normalized spacial score (nSPS) is 13.1. The average molecular weight is 237 g/mol. The van der Waals surface area contributed by atoms with E-state index < -0.39 is 0 Å². The van der Waals surface area contributed by atoms with Gasteiger partial charge in [0.05, 0.1) is 0 Å². The van der Waals surface area contributed by atoms with Crippen molar-refractivity contribution in [2.45, 2.75) is 19.4 Å². The van der Waals surface area contributed by atoms with E-state index in [4.69, 9.17) is 0 Å². The van der Waals surface area contributed by atoms with Gasteiger partial charge < -0.3 is 5.32 Å². The quantitative estimate of drug-likeness (QED) is 0.840. The minimum Gasteiger partial charge on any atom is -0.311 e. The number of nitrogens with one attached hydrogen (secondary N) is 1. The van der Waals surface area contributed by atoms with Gasteiger partial charge in [-0.05, 0) is 41.4 Å². The molecule has 1 aromatic carbocycles. The fourth-order valence-electron chi connectivity index (χ4n) is 1.88. The lowest BCUT2D eigenvalue weighted by atomic mass is 10.1. The van der Waals surface area contributed by atoms with Crippen LogP contribution in [0.5, 0.6) is 0 Å². The Balaban J connectivity index is 2.13. The van der Waals surface area contributed by atoms with Gasteiger partial charge in [0.25, 0.3) is 0 Å². The van der Waals surface area contributed by atoms with Crippen LogP contribution in [0.3, 0.4) is 0 Å². The maximum absolute atomic E-state index is 12.7. The van der Waals surface area contributed by atoms with Gasteiger partial charge in [-0.1, -0.05) is 19.1 Å². The second kappa shape index (κ2) is 5.41. The molecule has 16 heavy (non-hydrogen) atoms. The summed E-state index contributed by atoms with van der Waals surface area (Å²) in [6, 6.07) is 8.43. The molecule has 0 aliphatic carbocycles. The van der Waals surface area contributed by atoms with Gasteiger partial charge in [-0.15, -0.1) is 11.3 Å². The van der Waals surface area contributed by atoms with E-state index in [-0.39, 0.29) is 12.7 Å². The van der Waals surface area contributed by atoms with Crippen LogP contribution >= 0.6 is 11.3 Å². The smallest absolute Gasteiger partial charge is 0.105 e. The SMILES string of the molecule is CCNC(CF)Cc1ccc2ccsc2c1. The lowest BCUT2D eigenvalue weighted by Crippen LogP contribution is -2.32. The van der Waals surface area contributed by atoms with Gasteiger partial charge in [0, 0.05) is 10.7 Å². The third-order valence-electron chi connectivity index (χ3n) is 2.68. The number of halogens is 1. The summed E-state index contributed by atoms with van der Waals surface area (Å²) in [4.78, 5) is 0. The summed E-state index contributed by atoms with van der Waals surface area (Å²) in [5.41, 5.74) is 1.21. The summed E-state index contributed by atoms with van der Waals surface area (Å²) in [7, 11) is 0. The number of hydrogen-bond acceptors (Lipinski definition) is 2. The molecule has 1 heterocycles. The Morgan fingerprint density at radius 2 is 2.25 bits per heavy atom. The van der Waals surface area contributed by atoms with Gasteiger partial charge in [-0.3, -0.25) is 0 Å². The molecule has 2 rings (SSSR count). The predicted octanol–water partition coefficient (Wildman–Crippen LogP) is 3.39. The highest BCUT2D eigenvalue weighted by molar-refractivity contribution is 7.17. The van der Waals surface area contributed by atoms with Gasteiger partial charge in [-0.2, -0.15) is 0 Å². The molecule has 1 N–H and O–H groups in total. The number of rotatable bonds is 5. The molecule has 0 saturated carbocycles. The van der Waals surface area contributed by atoms with Crippen LogP contribution in [0.4, 0.5) is 4.39 Å². The second-order valence-electron chi connectivity index (χ2n) is 3.91. The lowest BCUT2D eigenvalue weighted by molar-refractivity contribution is 0.377. The summed E-state index contributed by atoms with van der Waals surface area (Å²) < 4.78 is 14.0. The van der Waals surface area contributed by atoms with Crippen LogP contribution in [-0.4, -0.2) is 19.3 Å². The molecule has 1 unspecified atom stereocenters. The third kappa shape index (κ3) is 2.60. The number of benzene rings is 1. The highest BCUT2D eigenvalue weighted by atomic mass is 32.1. The van der Waals surface area contributed by atoms with Crippen molar-refractivity contribution in [1.82, 2.24) is 5.32 Å². The molecule has 1 atom stereocenters. The van der Waals surface area contributed by atoms with Crippen LogP contribution in [-0.2, 0) is 6.42 Å². The molecule has 0 spiro atoms. The summed E-state index contributed by atoms with van der Waals surface area (Å²) >= 11 is 1.74. The molecule has 0 bridgehead atoms. The fraction of sp³-hybridized carbons (Fsp3) is 0.385. The first kappa shape index (κ1) is 11.6. The van der Waals surface area contributed by atoms with E-state index in [1.807, 2.05) is 6.92 Å². The number of alkyl halides is 1. The molecule has 3 heteroatoms. The van der Waals surface area contributed by atoms with Crippen molar-refractivity contribution in [2.24, 2.45) is 0 Å². The molecule has 0 amide bonds. The van der Waals surface area contributed by atoms with Crippen LogP contribution in [0.15, 0.2) is 29.6 Å². The van der Waals surface area contributed by atoms with Crippen molar-refractivity contribution < 1.29 is 4.39 Å². The third-order valence-corrected chi connectivity index (χ3v) is 3.56. The topological polar surface area (TPSA) is 12.0 Å². The lowest BCUT2D eigenvalue weighted by Gasteiger charge is -2.13. The molecule has 0 aliphatic rings. The van der Waals surface area contributed by atoms with Crippen LogP contribution in [0.2, 0.25) is 0 Å². The molecule has 0 aliphatic heterocycles. The minimum atomic E-state index is -0.309. The van der Waals surface area contributed by atoms with Crippen LogP contribution in [0.25, 0.3) is 10.1 Å². The monoisotopic (exact) mass is 237 g/mol. The maximum Gasteiger partial charge on any atom is 0.105 e. The highest BCUT2D eigenvalue weighted by Crippen LogP contribution is 2.22. The van der Waals surface area contributed by atoms with Crippen LogP contribution in [0.1, 0.15) is 12.5 Å². The molecule has 0 radical (unpaired) electrons. The van der Waals surface area contributed by atoms with Crippen LogP contribution < -0.4 is 5.32 Å². The summed E-state index contributed by atoms with van der Waals surface area (Å²) in [5.74, 6) is 0. The van der Waals surface area contributed by atoms with E-state index in [0.717, 1.165) is 13.0 Å². The first-order valence-corrected chi connectivity index (χ1v) is 6.47. The van der Waals surface area contributed by atoms with Gasteiger partial charge >= 0.3 is 0 Å². The molecule has 86 valence electrons. The van der Waals surface area contributed by atoms with Crippen molar-refractivity contribution in [2.75, 3.05) is 13.2 Å². The average Bonchev–Trinajstić information content (AvgIpc) is 2.75. The van der Waals surface area contributed by atoms with Crippen molar-refractivity contribution >= 4 is 21.4 Å². The Morgan fingerprint density at radius 3 is 3.00 bits per heavy atom. The van der Waals surface area contributed by atoms with Gasteiger partial charge in [0.1, 0.15) is 6.67 Å². The Kier molecular flexibility index (Phi) is 3.91. The van der Waals surface area contributed by atoms with E-state index in [1.54, 1.807) is 11.3 Å². The second-order valence-corrected chi connectivity index (χ2v) is 4.85. The summed E-state index contributed by atoms with van der Waals surface area (Å²) in [5, 5.41) is 6.51. The number of thiophene rings is 1. The van der Waals surface area contributed by atoms with Crippen molar-refractivity contribution in [1.29, 1.82) is 0 Å². The largest absolute Gasteiger partial charge is 0.311 e. The Hall–Kier alpha value is -0.930. The van der Waals surface area contributed by atoms with Crippen molar-refractivity contribution in [3.63, 3.8) is 0 Å². The summed E-state index contributed by atoms with van der Waals surface area (Å²) in [6.45, 7) is 2.51. The minimum absolute atomic E-state index is 0.0533. The summed E-state index contributed by atoms with van der Waals surface area (Å²) in [6.07, 6.45) is 0.762. The van der Waals surface area contributed by atoms with E-state index >= 15 is 0 Å². The molecule has 0 saturated heterocycles. The van der Waals surface area contributed by atoms with Gasteiger partial charge in [0.2, 0.25) is 0 Å². The van der Waals surface area contributed by atoms with Gasteiger partial charge in [0.15, 0.2) is 0 Å². The standard InChI is InChI=1S/C13H16FNS/c1-2-15-12(9-14)7-10-3-4-11-5-6-16-13(11)8-10/h3-6,8,12,15H,2,7,9H2,1H3. The van der Waals surface area contributed by atoms with Gasteiger partial charge in [-0.25, -0.2) is 4.39 Å². The van der Waals surface area contributed by atoms with E-state index in [1.165, 1.54) is 15.6 Å². The first-order valence-electron chi connectivity index (χ1n) is 5.59. The van der Waals surface area contributed by atoms with Crippen LogP contribution in [0, 0.1) is 0 Å². The first-order chi connectivity index (χ1) is 7.83. The molecule has 1 aromatic heterocycles. The molecule has 2 aromatic rings. The fourth-order valence-corrected chi connectivity index (χ4v) is 2.73. The highest BCUT2D eigenvalue weighted by Gasteiger charge is 2.08. The molecule has 0 fully saturated rings. The van der Waals surface area contributed by atoms with E-state index in [0.29, 0.717) is 0 Å².